The normalized spacial score (nSPS) is 12.2. The van der Waals surface area contributed by atoms with Gasteiger partial charge in [-0.2, -0.15) is 0 Å². The molecule has 1 unspecified atom stereocenters. The molecule has 1 heterocycles. The highest BCUT2D eigenvalue weighted by Crippen LogP contribution is 2.31. The SMILES string of the molecule is COc1ccc(F)cc1C(O)c1ccnc(Cl)c1. The van der Waals surface area contributed by atoms with Crippen LogP contribution in [0.25, 0.3) is 0 Å². The lowest BCUT2D eigenvalue weighted by atomic mass is 10.0. The van der Waals surface area contributed by atoms with Gasteiger partial charge in [0.25, 0.3) is 0 Å². The first kappa shape index (κ1) is 12.8. The van der Waals surface area contributed by atoms with Crippen LogP contribution in [0.15, 0.2) is 36.5 Å². The number of methoxy groups -OCH3 is 1. The first-order valence-electron chi connectivity index (χ1n) is 5.25. The van der Waals surface area contributed by atoms with Crippen molar-refractivity contribution in [1.29, 1.82) is 0 Å². The summed E-state index contributed by atoms with van der Waals surface area (Å²) in [6.07, 6.45) is 0.461. The van der Waals surface area contributed by atoms with Crippen molar-refractivity contribution in [1.82, 2.24) is 4.98 Å². The Labute approximate surface area is 109 Å². The molecule has 0 aliphatic carbocycles. The third-order valence-corrected chi connectivity index (χ3v) is 2.76. The summed E-state index contributed by atoms with van der Waals surface area (Å²) in [6.45, 7) is 0. The number of hydrogen-bond donors (Lipinski definition) is 1. The van der Waals surface area contributed by atoms with Crippen LogP contribution in [0.5, 0.6) is 5.75 Å². The van der Waals surface area contributed by atoms with Crippen molar-refractivity contribution < 1.29 is 14.2 Å². The maximum Gasteiger partial charge on any atom is 0.129 e. The van der Waals surface area contributed by atoms with Crippen molar-refractivity contribution in [2.24, 2.45) is 0 Å². The van der Waals surface area contributed by atoms with Gasteiger partial charge in [-0.1, -0.05) is 11.6 Å². The number of hydrogen-bond acceptors (Lipinski definition) is 3. The summed E-state index contributed by atoms with van der Waals surface area (Å²) in [4.78, 5) is 3.83. The quantitative estimate of drug-likeness (QED) is 0.870. The molecule has 0 saturated heterocycles. The standard InChI is InChI=1S/C13H11ClFNO2/c1-18-11-3-2-9(15)7-10(11)13(17)8-4-5-16-12(14)6-8/h2-7,13,17H,1H3. The monoisotopic (exact) mass is 267 g/mol. The van der Waals surface area contributed by atoms with Gasteiger partial charge in [0.15, 0.2) is 0 Å². The molecule has 18 heavy (non-hydrogen) atoms. The smallest absolute Gasteiger partial charge is 0.129 e. The van der Waals surface area contributed by atoms with Crippen molar-refractivity contribution >= 4 is 11.6 Å². The molecule has 0 bridgehead atoms. The lowest BCUT2D eigenvalue weighted by Gasteiger charge is -2.15. The van der Waals surface area contributed by atoms with Crippen molar-refractivity contribution in [3.63, 3.8) is 0 Å². The van der Waals surface area contributed by atoms with Crippen LogP contribution in [-0.2, 0) is 0 Å². The van der Waals surface area contributed by atoms with Gasteiger partial charge in [0.1, 0.15) is 22.8 Å². The van der Waals surface area contributed by atoms with Crippen LogP contribution in [0.4, 0.5) is 4.39 Å². The van der Waals surface area contributed by atoms with E-state index in [1.54, 1.807) is 6.07 Å². The van der Waals surface area contributed by atoms with Crippen molar-refractivity contribution in [3.8, 4) is 5.75 Å². The molecule has 0 aliphatic rings. The molecule has 1 atom stereocenters. The lowest BCUT2D eigenvalue weighted by molar-refractivity contribution is 0.214. The summed E-state index contributed by atoms with van der Waals surface area (Å²) >= 11 is 5.75. The fourth-order valence-corrected chi connectivity index (χ4v) is 1.87. The Hall–Kier alpha value is -1.65. The van der Waals surface area contributed by atoms with Crippen molar-refractivity contribution in [2.75, 3.05) is 7.11 Å². The number of aromatic nitrogens is 1. The molecule has 94 valence electrons. The molecule has 0 saturated carbocycles. The largest absolute Gasteiger partial charge is 0.496 e. The molecular formula is C13H11ClFNO2. The number of nitrogens with zero attached hydrogens (tertiary/aromatic N) is 1. The van der Waals surface area contributed by atoms with Gasteiger partial charge in [0.05, 0.1) is 7.11 Å². The first-order valence-corrected chi connectivity index (χ1v) is 5.62. The van der Waals surface area contributed by atoms with E-state index >= 15 is 0 Å². The highest BCUT2D eigenvalue weighted by atomic mass is 35.5. The molecule has 1 N–H and O–H groups in total. The molecule has 0 spiro atoms. The number of aliphatic hydroxyl groups is 1. The second-order valence-corrected chi connectivity index (χ2v) is 4.09. The number of ether oxygens (including phenoxy) is 1. The summed E-state index contributed by atoms with van der Waals surface area (Å²) in [5, 5.41) is 10.5. The summed E-state index contributed by atoms with van der Waals surface area (Å²) in [7, 11) is 1.46. The van der Waals surface area contributed by atoms with Gasteiger partial charge >= 0.3 is 0 Å². The number of aliphatic hydroxyl groups excluding tert-OH is 1. The highest BCUT2D eigenvalue weighted by Gasteiger charge is 2.16. The average Bonchev–Trinajstić information content (AvgIpc) is 2.38. The van der Waals surface area contributed by atoms with E-state index in [1.807, 2.05) is 0 Å². The van der Waals surface area contributed by atoms with E-state index < -0.39 is 11.9 Å². The fraction of sp³-hybridized carbons (Fsp3) is 0.154. The third kappa shape index (κ3) is 2.60. The van der Waals surface area contributed by atoms with Gasteiger partial charge in [-0.15, -0.1) is 0 Å². The van der Waals surface area contributed by atoms with E-state index in [2.05, 4.69) is 4.98 Å². The number of pyridine rings is 1. The van der Waals surface area contributed by atoms with Gasteiger partial charge in [0, 0.05) is 11.8 Å². The minimum absolute atomic E-state index is 0.266. The number of rotatable bonds is 3. The molecule has 0 fully saturated rings. The number of benzene rings is 1. The molecule has 0 radical (unpaired) electrons. The molecule has 3 nitrogen and oxygen atoms in total. The van der Waals surface area contributed by atoms with E-state index in [-0.39, 0.29) is 5.15 Å². The van der Waals surface area contributed by atoms with Gasteiger partial charge in [-0.3, -0.25) is 0 Å². The maximum absolute atomic E-state index is 13.2. The van der Waals surface area contributed by atoms with E-state index in [0.717, 1.165) is 0 Å². The van der Waals surface area contributed by atoms with Crippen LogP contribution in [0, 0.1) is 5.82 Å². The van der Waals surface area contributed by atoms with Crippen LogP contribution in [0.2, 0.25) is 5.15 Å². The molecule has 0 aliphatic heterocycles. The number of halogens is 2. The van der Waals surface area contributed by atoms with Gasteiger partial charge < -0.3 is 9.84 Å². The zero-order valence-electron chi connectivity index (χ0n) is 9.60. The van der Waals surface area contributed by atoms with Gasteiger partial charge in [-0.05, 0) is 35.9 Å². The Kier molecular flexibility index (Phi) is 3.79. The van der Waals surface area contributed by atoms with Crippen LogP contribution in [-0.4, -0.2) is 17.2 Å². The molecule has 0 amide bonds. The predicted molar refractivity (Wildman–Crippen MR) is 66.3 cm³/mol. The second kappa shape index (κ2) is 5.33. The highest BCUT2D eigenvalue weighted by molar-refractivity contribution is 6.29. The van der Waals surface area contributed by atoms with Gasteiger partial charge in [-0.25, -0.2) is 9.37 Å². The van der Waals surface area contributed by atoms with Gasteiger partial charge in [0.2, 0.25) is 0 Å². The van der Waals surface area contributed by atoms with Crippen molar-refractivity contribution in [3.05, 3.63) is 58.6 Å². The minimum Gasteiger partial charge on any atom is -0.496 e. The third-order valence-electron chi connectivity index (χ3n) is 2.55. The zero-order chi connectivity index (χ0) is 13.1. The summed E-state index contributed by atoms with van der Waals surface area (Å²) in [5.74, 6) is -0.0261. The van der Waals surface area contributed by atoms with E-state index in [0.29, 0.717) is 16.9 Å². The van der Waals surface area contributed by atoms with Crippen LogP contribution in [0.3, 0.4) is 0 Å². The molecule has 2 rings (SSSR count). The average molecular weight is 268 g/mol. The fourth-order valence-electron chi connectivity index (χ4n) is 1.69. The Morgan fingerprint density at radius 3 is 2.78 bits per heavy atom. The van der Waals surface area contributed by atoms with E-state index in [9.17, 15) is 9.50 Å². The Balaban J connectivity index is 2.44. The van der Waals surface area contributed by atoms with E-state index in [1.165, 1.54) is 37.6 Å². The topological polar surface area (TPSA) is 42.4 Å². The minimum atomic E-state index is -1.02. The van der Waals surface area contributed by atoms with Crippen LogP contribution < -0.4 is 4.74 Å². The first-order chi connectivity index (χ1) is 8.61. The molecule has 1 aromatic heterocycles. The molecule has 5 heteroatoms. The maximum atomic E-state index is 13.2. The summed E-state index contributed by atoms with van der Waals surface area (Å²) < 4.78 is 18.3. The van der Waals surface area contributed by atoms with Crippen LogP contribution in [0.1, 0.15) is 17.2 Å². The molecule has 1 aromatic carbocycles. The van der Waals surface area contributed by atoms with Crippen LogP contribution >= 0.6 is 11.6 Å². The van der Waals surface area contributed by atoms with E-state index in [4.69, 9.17) is 16.3 Å². The Bertz CT molecular complexity index is 562. The van der Waals surface area contributed by atoms with Crippen molar-refractivity contribution in [2.45, 2.75) is 6.10 Å². The molecular weight excluding hydrogens is 257 g/mol. The Morgan fingerprint density at radius 2 is 2.11 bits per heavy atom. The molecule has 2 aromatic rings. The second-order valence-electron chi connectivity index (χ2n) is 3.70. The summed E-state index contributed by atoms with van der Waals surface area (Å²) in [5.41, 5.74) is 0.874. The predicted octanol–water partition coefficient (Wildman–Crippen LogP) is 2.96. The zero-order valence-corrected chi connectivity index (χ0v) is 10.4. The Morgan fingerprint density at radius 1 is 1.33 bits per heavy atom. The lowest BCUT2D eigenvalue weighted by Crippen LogP contribution is -2.03. The summed E-state index contributed by atoms with van der Waals surface area (Å²) in [6, 6.07) is 7.11.